The first-order valence-electron chi connectivity index (χ1n) is 8.56. The van der Waals surface area contributed by atoms with Crippen LogP contribution < -0.4 is 11.2 Å². The summed E-state index contributed by atoms with van der Waals surface area (Å²) in [5.74, 6) is -0.458. The van der Waals surface area contributed by atoms with E-state index in [9.17, 15) is 19.2 Å². The first kappa shape index (κ1) is 20.8. The van der Waals surface area contributed by atoms with E-state index >= 15 is 0 Å². The number of aromatic nitrogens is 4. The smallest absolute Gasteiger partial charge is 0.332 e. The van der Waals surface area contributed by atoms with Crippen LogP contribution in [-0.2, 0) is 34.8 Å². The third-order valence-electron chi connectivity index (χ3n) is 3.80. The topological polar surface area (TPSA) is 113 Å². The lowest BCUT2D eigenvalue weighted by Gasteiger charge is -2.11. The molecule has 0 fully saturated rings. The Morgan fingerprint density at radius 1 is 1.11 bits per heavy atom. The zero-order chi connectivity index (χ0) is 20.1. The molecule has 0 atom stereocenters. The van der Waals surface area contributed by atoms with Gasteiger partial charge in [-0.15, -0.1) is 0 Å². The number of Topliss-reactive ketones (excluding diaryl/α,β-unsaturated/α-hetero) is 1. The van der Waals surface area contributed by atoms with Gasteiger partial charge in [0.15, 0.2) is 11.4 Å². The summed E-state index contributed by atoms with van der Waals surface area (Å²) in [6, 6.07) is 0. The highest BCUT2D eigenvalue weighted by atomic mass is 32.2. The van der Waals surface area contributed by atoms with Crippen molar-refractivity contribution in [3.8, 4) is 0 Å². The van der Waals surface area contributed by atoms with Gasteiger partial charge >= 0.3 is 11.7 Å². The molecule has 2 rings (SSSR count). The molecule has 0 bridgehead atoms. The Labute approximate surface area is 159 Å². The van der Waals surface area contributed by atoms with Gasteiger partial charge in [-0.1, -0.05) is 18.7 Å². The summed E-state index contributed by atoms with van der Waals surface area (Å²) in [5.41, 5.74) is -0.763. The van der Waals surface area contributed by atoms with Crippen molar-refractivity contribution in [1.29, 1.82) is 0 Å². The van der Waals surface area contributed by atoms with Gasteiger partial charge in [0.25, 0.3) is 5.56 Å². The standard InChI is InChI=1S/C17H22N4O5S/c1-5-7-11-18-14-13(16(24)21(4)17(25)20(14)3)15(19-11)27-9-10(22)8-12(23)26-6-2/h5-9H2,1-4H3. The average molecular weight is 394 g/mol. The first-order chi connectivity index (χ1) is 12.8. The molecule has 0 radical (unpaired) electrons. The van der Waals surface area contributed by atoms with E-state index in [-0.39, 0.29) is 35.6 Å². The molecule has 0 saturated carbocycles. The van der Waals surface area contributed by atoms with Gasteiger partial charge < -0.3 is 4.74 Å². The molecule has 10 heteroatoms. The maximum Gasteiger partial charge on any atom is 0.332 e. The number of hydrogen-bond donors (Lipinski definition) is 0. The Bertz CT molecular complexity index is 995. The molecule has 2 aromatic heterocycles. The van der Waals surface area contributed by atoms with Gasteiger partial charge in [0.05, 0.1) is 12.4 Å². The molecule has 27 heavy (non-hydrogen) atoms. The van der Waals surface area contributed by atoms with Gasteiger partial charge in [-0.3, -0.25) is 23.5 Å². The Balaban J connectivity index is 2.45. The Morgan fingerprint density at radius 3 is 2.44 bits per heavy atom. The zero-order valence-electron chi connectivity index (χ0n) is 15.8. The number of thioether (sulfide) groups is 1. The number of nitrogens with zero attached hydrogens (tertiary/aromatic N) is 4. The highest BCUT2D eigenvalue weighted by molar-refractivity contribution is 8.00. The monoisotopic (exact) mass is 394 g/mol. The van der Waals surface area contributed by atoms with Crippen molar-refractivity contribution in [2.45, 2.75) is 38.1 Å². The second-order valence-corrected chi connectivity index (χ2v) is 6.87. The normalized spacial score (nSPS) is 11.0. The Morgan fingerprint density at radius 2 is 1.81 bits per heavy atom. The number of ketones is 1. The lowest BCUT2D eigenvalue weighted by molar-refractivity contribution is -0.145. The van der Waals surface area contributed by atoms with Crippen LogP contribution in [0.5, 0.6) is 0 Å². The minimum absolute atomic E-state index is 0.0392. The summed E-state index contributed by atoms with van der Waals surface area (Å²) in [6.45, 7) is 3.84. The first-order valence-corrected chi connectivity index (χ1v) is 9.55. The maximum atomic E-state index is 12.6. The van der Waals surface area contributed by atoms with Gasteiger partial charge in [0, 0.05) is 20.5 Å². The molecule has 0 saturated heterocycles. The second-order valence-electron chi connectivity index (χ2n) is 5.91. The molecule has 0 aliphatic carbocycles. The summed E-state index contributed by atoms with van der Waals surface area (Å²) in [4.78, 5) is 57.0. The summed E-state index contributed by atoms with van der Waals surface area (Å²) in [7, 11) is 2.91. The number of aryl methyl sites for hydroxylation is 2. The predicted octanol–water partition coefficient (Wildman–Crippen LogP) is 0.594. The van der Waals surface area contributed by atoms with Crippen molar-refractivity contribution in [2.24, 2.45) is 14.1 Å². The number of rotatable bonds is 8. The molecular formula is C17H22N4O5S. The van der Waals surface area contributed by atoms with E-state index in [2.05, 4.69) is 9.97 Å². The van der Waals surface area contributed by atoms with Crippen molar-refractivity contribution in [3.63, 3.8) is 0 Å². The lowest BCUT2D eigenvalue weighted by atomic mass is 10.3. The molecule has 0 aliphatic heterocycles. The molecule has 0 aromatic carbocycles. The van der Waals surface area contributed by atoms with Gasteiger partial charge in [0.2, 0.25) is 0 Å². The van der Waals surface area contributed by atoms with Crippen molar-refractivity contribution < 1.29 is 14.3 Å². The fourth-order valence-corrected chi connectivity index (χ4v) is 3.38. The van der Waals surface area contributed by atoms with Crippen LogP contribution in [0.3, 0.4) is 0 Å². The molecule has 2 aromatic rings. The second kappa shape index (κ2) is 8.94. The fraction of sp³-hybridized carbons (Fsp3) is 0.529. The van der Waals surface area contributed by atoms with E-state index in [1.165, 1.54) is 18.7 Å². The molecule has 2 heterocycles. The molecular weight excluding hydrogens is 372 g/mol. The largest absolute Gasteiger partial charge is 0.466 e. The van der Waals surface area contributed by atoms with Crippen molar-refractivity contribution >= 4 is 34.5 Å². The molecule has 0 spiro atoms. The summed E-state index contributed by atoms with van der Waals surface area (Å²) < 4.78 is 7.04. The van der Waals surface area contributed by atoms with Gasteiger partial charge in [-0.2, -0.15) is 0 Å². The molecule has 146 valence electrons. The summed E-state index contributed by atoms with van der Waals surface area (Å²) in [6.07, 6.45) is 1.03. The number of hydrogen-bond acceptors (Lipinski definition) is 8. The van der Waals surface area contributed by atoms with E-state index < -0.39 is 17.2 Å². The van der Waals surface area contributed by atoms with Crippen molar-refractivity contribution in [1.82, 2.24) is 19.1 Å². The number of carbonyl (C=O) groups is 2. The van der Waals surface area contributed by atoms with E-state index in [1.54, 1.807) is 6.92 Å². The molecule has 0 unspecified atom stereocenters. The lowest BCUT2D eigenvalue weighted by Crippen LogP contribution is -2.38. The van der Waals surface area contributed by atoms with E-state index in [4.69, 9.17) is 4.74 Å². The van der Waals surface area contributed by atoms with Crippen LogP contribution in [0.4, 0.5) is 0 Å². The van der Waals surface area contributed by atoms with Gasteiger partial charge in [-0.25, -0.2) is 14.8 Å². The summed E-state index contributed by atoms with van der Waals surface area (Å²) >= 11 is 1.06. The van der Waals surface area contributed by atoms with Crippen LogP contribution in [-0.4, -0.2) is 43.2 Å². The minimum atomic E-state index is -0.583. The third-order valence-corrected chi connectivity index (χ3v) is 4.84. The van der Waals surface area contributed by atoms with E-state index in [1.807, 2.05) is 6.92 Å². The fourth-order valence-electron chi connectivity index (χ4n) is 2.48. The van der Waals surface area contributed by atoms with Crippen molar-refractivity contribution in [2.75, 3.05) is 12.4 Å². The van der Waals surface area contributed by atoms with Gasteiger partial charge in [0.1, 0.15) is 22.7 Å². The van der Waals surface area contributed by atoms with Crippen molar-refractivity contribution in [3.05, 3.63) is 26.7 Å². The molecule has 0 amide bonds. The van der Waals surface area contributed by atoms with Crippen LogP contribution in [0, 0.1) is 0 Å². The molecule has 0 aliphatic rings. The van der Waals surface area contributed by atoms with E-state index in [0.717, 1.165) is 22.7 Å². The van der Waals surface area contributed by atoms with Crippen LogP contribution in [0.15, 0.2) is 14.6 Å². The quantitative estimate of drug-likeness (QED) is 0.277. The minimum Gasteiger partial charge on any atom is -0.466 e. The highest BCUT2D eigenvalue weighted by Crippen LogP contribution is 2.23. The van der Waals surface area contributed by atoms with Crippen LogP contribution in [0.2, 0.25) is 0 Å². The molecule has 0 N–H and O–H groups in total. The Kier molecular flexibility index (Phi) is 6.89. The number of esters is 1. The maximum absolute atomic E-state index is 12.6. The van der Waals surface area contributed by atoms with Crippen LogP contribution in [0.25, 0.3) is 11.0 Å². The third kappa shape index (κ3) is 4.62. The average Bonchev–Trinajstić information content (AvgIpc) is 2.63. The number of carbonyl (C=O) groups excluding carboxylic acids is 2. The van der Waals surface area contributed by atoms with Crippen LogP contribution >= 0.6 is 11.8 Å². The van der Waals surface area contributed by atoms with E-state index in [0.29, 0.717) is 17.3 Å². The SMILES string of the molecule is CCCc1nc(SCC(=O)CC(=O)OCC)c2c(=O)n(C)c(=O)n(C)c2n1. The number of ether oxygens (including phenoxy) is 1. The predicted molar refractivity (Wildman–Crippen MR) is 101 cm³/mol. The molecule has 9 nitrogen and oxygen atoms in total. The zero-order valence-corrected chi connectivity index (χ0v) is 16.6. The summed E-state index contributed by atoms with van der Waals surface area (Å²) in [5, 5.41) is 0.519. The highest BCUT2D eigenvalue weighted by Gasteiger charge is 2.19. The van der Waals surface area contributed by atoms with Crippen LogP contribution in [0.1, 0.15) is 32.5 Å². The van der Waals surface area contributed by atoms with Gasteiger partial charge in [-0.05, 0) is 13.3 Å². The number of fused-ring (bicyclic) bond motifs is 1. The Hall–Kier alpha value is -2.49.